The van der Waals surface area contributed by atoms with Gasteiger partial charge in [-0.1, -0.05) is 30.3 Å². The second-order valence-corrected chi connectivity index (χ2v) is 6.47. The van der Waals surface area contributed by atoms with Crippen molar-refractivity contribution in [1.29, 1.82) is 0 Å². The molecule has 2 N–H and O–H groups in total. The van der Waals surface area contributed by atoms with Gasteiger partial charge >= 0.3 is 0 Å². The first-order valence-corrected chi connectivity index (χ1v) is 9.12. The first-order valence-electron chi connectivity index (χ1n) is 9.12. The molecule has 1 heterocycles. The number of carbonyl (C=O) groups excluding carboxylic acids is 2. The fraction of sp³-hybridized carbons (Fsp3) is 0.227. The zero-order chi connectivity index (χ0) is 19.9. The van der Waals surface area contributed by atoms with Gasteiger partial charge in [-0.15, -0.1) is 0 Å². The van der Waals surface area contributed by atoms with Crippen molar-refractivity contribution in [1.82, 2.24) is 10.3 Å². The largest absolute Gasteiger partial charge is 0.497 e. The van der Waals surface area contributed by atoms with Crippen molar-refractivity contribution < 1.29 is 14.3 Å². The van der Waals surface area contributed by atoms with Gasteiger partial charge in [-0.05, 0) is 36.1 Å². The predicted octanol–water partition coefficient (Wildman–Crippen LogP) is 2.86. The first-order chi connectivity index (χ1) is 13.6. The minimum absolute atomic E-state index is 0.101. The second kappa shape index (κ2) is 8.99. The van der Waals surface area contributed by atoms with E-state index >= 15 is 0 Å². The van der Waals surface area contributed by atoms with Crippen LogP contribution in [0.3, 0.4) is 0 Å². The molecule has 6 nitrogen and oxygen atoms in total. The van der Waals surface area contributed by atoms with E-state index in [1.807, 2.05) is 30.3 Å². The van der Waals surface area contributed by atoms with Crippen molar-refractivity contribution in [2.45, 2.75) is 19.3 Å². The number of aromatic amines is 1. The molecule has 3 rings (SSSR count). The molecule has 28 heavy (non-hydrogen) atoms. The lowest BCUT2D eigenvalue weighted by Crippen LogP contribution is -2.27. The van der Waals surface area contributed by atoms with Crippen molar-refractivity contribution in [3.63, 3.8) is 0 Å². The molecule has 0 saturated carbocycles. The van der Waals surface area contributed by atoms with Gasteiger partial charge in [-0.3, -0.25) is 14.4 Å². The monoisotopic (exact) mass is 378 g/mol. The van der Waals surface area contributed by atoms with Crippen LogP contribution in [0.4, 0.5) is 0 Å². The number of hydrogen-bond donors (Lipinski definition) is 2. The van der Waals surface area contributed by atoms with E-state index in [0.717, 1.165) is 10.9 Å². The Balaban J connectivity index is 1.49. The number of rotatable bonds is 8. The number of para-hydroxylation sites is 1. The van der Waals surface area contributed by atoms with E-state index in [1.165, 1.54) is 7.11 Å². The highest BCUT2D eigenvalue weighted by Crippen LogP contribution is 2.14. The van der Waals surface area contributed by atoms with E-state index in [1.54, 1.807) is 24.3 Å². The van der Waals surface area contributed by atoms with E-state index in [2.05, 4.69) is 10.3 Å². The number of ketones is 1. The standard InChI is InChI=1S/C22H22N2O4/c1-28-18-7-4-6-16(14-18)20(25)9-10-21(26)23-12-11-17-13-15-5-2-3-8-19(15)24-22(17)27/h2-8,13-14H,9-12H2,1H3,(H,23,26)(H,24,27). The SMILES string of the molecule is COc1cccc(C(=O)CCC(=O)NCCc2cc3ccccc3[nH]c2=O)c1. The van der Waals surface area contributed by atoms with Crippen LogP contribution in [-0.4, -0.2) is 30.3 Å². The van der Waals surface area contributed by atoms with E-state index in [4.69, 9.17) is 4.74 Å². The Hall–Kier alpha value is -3.41. The highest BCUT2D eigenvalue weighted by molar-refractivity contribution is 5.98. The fourth-order valence-electron chi connectivity index (χ4n) is 2.97. The van der Waals surface area contributed by atoms with Crippen LogP contribution in [-0.2, 0) is 11.2 Å². The van der Waals surface area contributed by atoms with Gasteiger partial charge in [0.15, 0.2) is 5.78 Å². The number of H-pyrrole nitrogens is 1. The Morgan fingerprint density at radius 2 is 1.86 bits per heavy atom. The third-order valence-electron chi connectivity index (χ3n) is 4.52. The van der Waals surface area contributed by atoms with Crippen LogP contribution in [0.2, 0.25) is 0 Å². The van der Waals surface area contributed by atoms with Gasteiger partial charge in [0.25, 0.3) is 5.56 Å². The number of ether oxygens (including phenoxy) is 1. The summed E-state index contributed by atoms with van der Waals surface area (Å²) in [7, 11) is 1.54. The summed E-state index contributed by atoms with van der Waals surface area (Å²) in [6.07, 6.45) is 0.648. The average Bonchev–Trinajstić information content (AvgIpc) is 2.72. The Morgan fingerprint density at radius 1 is 1.04 bits per heavy atom. The molecule has 0 aliphatic carbocycles. The molecule has 3 aromatic rings. The first kappa shape index (κ1) is 19.4. The quantitative estimate of drug-likeness (QED) is 0.590. The number of Topliss-reactive ketones (excluding diaryl/α,β-unsaturated/α-hetero) is 1. The normalized spacial score (nSPS) is 10.6. The number of fused-ring (bicyclic) bond motifs is 1. The van der Waals surface area contributed by atoms with Gasteiger partial charge in [-0.2, -0.15) is 0 Å². The van der Waals surface area contributed by atoms with Gasteiger partial charge in [-0.25, -0.2) is 0 Å². The molecule has 0 atom stereocenters. The summed E-state index contributed by atoms with van der Waals surface area (Å²) >= 11 is 0. The zero-order valence-corrected chi connectivity index (χ0v) is 15.7. The average molecular weight is 378 g/mol. The number of aromatic nitrogens is 1. The number of benzene rings is 2. The minimum Gasteiger partial charge on any atom is -0.497 e. The van der Waals surface area contributed by atoms with E-state index in [-0.39, 0.29) is 30.1 Å². The number of carbonyl (C=O) groups is 2. The van der Waals surface area contributed by atoms with Crippen LogP contribution in [0.15, 0.2) is 59.4 Å². The number of nitrogens with one attached hydrogen (secondary N) is 2. The van der Waals surface area contributed by atoms with Crippen LogP contribution in [0.25, 0.3) is 10.9 Å². The molecule has 1 aromatic heterocycles. The van der Waals surface area contributed by atoms with E-state index in [9.17, 15) is 14.4 Å². The van der Waals surface area contributed by atoms with Gasteiger partial charge < -0.3 is 15.0 Å². The number of methoxy groups -OCH3 is 1. The number of hydrogen-bond acceptors (Lipinski definition) is 4. The van der Waals surface area contributed by atoms with E-state index < -0.39 is 0 Å². The molecule has 0 bridgehead atoms. The molecule has 0 spiro atoms. The molecule has 0 aliphatic heterocycles. The van der Waals surface area contributed by atoms with Crippen LogP contribution >= 0.6 is 0 Å². The van der Waals surface area contributed by atoms with Crippen LogP contribution in [0, 0.1) is 0 Å². The summed E-state index contributed by atoms with van der Waals surface area (Å²) in [4.78, 5) is 39.2. The highest BCUT2D eigenvalue weighted by atomic mass is 16.5. The molecule has 0 unspecified atom stereocenters. The number of pyridine rings is 1. The maximum absolute atomic E-state index is 12.2. The van der Waals surface area contributed by atoms with Gasteiger partial charge in [0.2, 0.25) is 5.91 Å². The molecular formula is C22H22N2O4. The van der Waals surface area contributed by atoms with Gasteiger partial charge in [0.1, 0.15) is 5.75 Å². The van der Waals surface area contributed by atoms with Gasteiger partial charge in [0.05, 0.1) is 7.11 Å². The van der Waals surface area contributed by atoms with Crippen molar-refractivity contribution in [3.05, 3.63) is 76.1 Å². The summed E-state index contributed by atoms with van der Waals surface area (Å²) in [6.45, 7) is 0.341. The maximum atomic E-state index is 12.2. The smallest absolute Gasteiger partial charge is 0.251 e. The summed E-state index contributed by atoms with van der Waals surface area (Å²) in [5.41, 5.74) is 1.78. The second-order valence-electron chi connectivity index (χ2n) is 6.47. The third-order valence-corrected chi connectivity index (χ3v) is 4.52. The Kier molecular flexibility index (Phi) is 6.22. The summed E-state index contributed by atoms with van der Waals surface area (Å²) in [5.74, 6) is 0.282. The summed E-state index contributed by atoms with van der Waals surface area (Å²) in [6, 6.07) is 16.3. The summed E-state index contributed by atoms with van der Waals surface area (Å²) in [5, 5.41) is 3.72. The molecule has 0 radical (unpaired) electrons. The molecule has 0 saturated heterocycles. The van der Waals surface area contributed by atoms with Crippen molar-refractivity contribution >= 4 is 22.6 Å². The lowest BCUT2D eigenvalue weighted by molar-refractivity contribution is -0.121. The summed E-state index contributed by atoms with van der Waals surface area (Å²) < 4.78 is 5.10. The van der Waals surface area contributed by atoms with Crippen molar-refractivity contribution in [2.75, 3.05) is 13.7 Å². The minimum atomic E-state index is -0.214. The lowest BCUT2D eigenvalue weighted by atomic mass is 10.1. The lowest BCUT2D eigenvalue weighted by Gasteiger charge is -2.07. The molecule has 144 valence electrons. The van der Waals surface area contributed by atoms with Crippen LogP contribution < -0.4 is 15.6 Å². The van der Waals surface area contributed by atoms with E-state index in [0.29, 0.717) is 29.8 Å². The van der Waals surface area contributed by atoms with Crippen molar-refractivity contribution in [2.24, 2.45) is 0 Å². The van der Waals surface area contributed by atoms with Crippen LogP contribution in [0.1, 0.15) is 28.8 Å². The third kappa shape index (κ3) is 4.85. The predicted molar refractivity (Wildman–Crippen MR) is 108 cm³/mol. The topological polar surface area (TPSA) is 88.3 Å². The molecule has 1 amide bonds. The molecule has 0 fully saturated rings. The molecule has 6 heteroatoms. The Labute approximate surface area is 162 Å². The Morgan fingerprint density at radius 3 is 2.68 bits per heavy atom. The highest BCUT2D eigenvalue weighted by Gasteiger charge is 2.10. The Bertz CT molecular complexity index is 1060. The molecule has 0 aliphatic rings. The van der Waals surface area contributed by atoms with Gasteiger partial charge in [0, 0.05) is 36.0 Å². The maximum Gasteiger partial charge on any atom is 0.251 e. The van der Waals surface area contributed by atoms with Crippen LogP contribution in [0.5, 0.6) is 5.75 Å². The molecule has 2 aromatic carbocycles. The van der Waals surface area contributed by atoms with Crippen molar-refractivity contribution in [3.8, 4) is 5.75 Å². The number of amides is 1. The molecular weight excluding hydrogens is 356 g/mol. The fourth-order valence-corrected chi connectivity index (χ4v) is 2.97. The zero-order valence-electron chi connectivity index (χ0n) is 15.7.